The summed E-state index contributed by atoms with van der Waals surface area (Å²) in [5.74, 6) is 0.674. The van der Waals surface area contributed by atoms with Gasteiger partial charge < -0.3 is 24.1 Å². The summed E-state index contributed by atoms with van der Waals surface area (Å²) in [6, 6.07) is 10.2. The number of aromatic amines is 1. The van der Waals surface area contributed by atoms with Gasteiger partial charge in [-0.15, -0.1) is 11.3 Å². The number of amides is 1. The summed E-state index contributed by atoms with van der Waals surface area (Å²) in [6.45, 7) is 5.72. The molecular weight excluding hydrogens is 452 g/mol. The quantitative estimate of drug-likeness (QED) is 0.388. The second-order valence-corrected chi connectivity index (χ2v) is 7.82. The molecule has 1 amide bonds. The monoisotopic (exact) mass is 478 g/mol. The summed E-state index contributed by atoms with van der Waals surface area (Å²) in [4.78, 5) is 42.0. The summed E-state index contributed by atoms with van der Waals surface area (Å²) >= 11 is 0. The van der Waals surface area contributed by atoms with E-state index >= 15 is 0 Å². The Morgan fingerprint density at radius 2 is 2.00 bits per heavy atom. The highest BCUT2D eigenvalue weighted by Crippen LogP contribution is 2.33. The smallest absolute Gasteiger partial charge is 0.349 e. The van der Waals surface area contributed by atoms with Crippen molar-refractivity contribution in [3.8, 4) is 11.5 Å². The maximum Gasteiger partial charge on any atom is 0.349 e. The minimum atomic E-state index is -0.648. The third-order valence-electron chi connectivity index (χ3n) is 5.55. The lowest BCUT2D eigenvalue weighted by Crippen LogP contribution is -2.43. The lowest BCUT2D eigenvalue weighted by Gasteiger charge is -2.27. The number of methoxy groups -OCH3 is 1. The van der Waals surface area contributed by atoms with Crippen molar-refractivity contribution in [2.75, 3.05) is 40.0 Å². The van der Waals surface area contributed by atoms with E-state index in [0.29, 0.717) is 60.7 Å². The average molecular weight is 479 g/mol. The fourth-order valence-corrected chi connectivity index (χ4v) is 3.80. The van der Waals surface area contributed by atoms with Crippen LogP contribution in [0.25, 0.3) is 10.9 Å². The van der Waals surface area contributed by atoms with Crippen LogP contribution in [-0.2, 0) is 16.0 Å². The minimum Gasteiger partial charge on any atom is -0.493 e. The van der Waals surface area contributed by atoms with Crippen LogP contribution in [0.4, 0.5) is 0 Å². The number of nitrogens with zero attached hydrogens (tertiary/aromatic N) is 3. The summed E-state index contributed by atoms with van der Waals surface area (Å²) in [5, 5.41) is 4.46. The second-order valence-electron chi connectivity index (χ2n) is 7.82. The standard InChI is InChI=1S/C25H26N4O6/c1-3-6-18-13-17(15-26-29-24(31)19-7-4-5-8-20(19)27-25(29)32)14-21(33-2)23(18)35-16-22(30)28-9-11-34-12-10-28/h3-5,7-8,13-15H,1,6,9-12,16H2,2H3,(H,27,32). The lowest BCUT2D eigenvalue weighted by molar-refractivity contribution is -0.137. The van der Waals surface area contributed by atoms with Crippen LogP contribution in [0.1, 0.15) is 11.1 Å². The molecule has 3 aromatic rings. The number of hydrogen-bond donors (Lipinski definition) is 1. The van der Waals surface area contributed by atoms with Gasteiger partial charge in [0.15, 0.2) is 18.1 Å². The summed E-state index contributed by atoms with van der Waals surface area (Å²) in [5.41, 5.74) is 0.558. The minimum absolute atomic E-state index is 0.138. The molecule has 2 heterocycles. The molecule has 1 fully saturated rings. The topological polar surface area (TPSA) is 115 Å². The van der Waals surface area contributed by atoms with Crippen molar-refractivity contribution in [1.82, 2.24) is 14.6 Å². The number of carbonyl (C=O) groups excluding carboxylic acids is 1. The van der Waals surface area contributed by atoms with Crippen molar-refractivity contribution in [1.29, 1.82) is 0 Å². The molecule has 0 radical (unpaired) electrons. The lowest BCUT2D eigenvalue weighted by atomic mass is 10.1. The summed E-state index contributed by atoms with van der Waals surface area (Å²) in [7, 11) is 1.49. The van der Waals surface area contributed by atoms with E-state index in [1.54, 1.807) is 47.4 Å². The van der Waals surface area contributed by atoms with Gasteiger partial charge >= 0.3 is 5.69 Å². The predicted octanol–water partition coefficient (Wildman–Crippen LogP) is 1.55. The number of rotatable bonds is 8. The van der Waals surface area contributed by atoms with E-state index in [-0.39, 0.29) is 12.5 Å². The van der Waals surface area contributed by atoms with E-state index in [9.17, 15) is 14.4 Å². The molecule has 10 heteroatoms. The molecule has 0 aliphatic carbocycles. The van der Waals surface area contributed by atoms with E-state index < -0.39 is 11.2 Å². The molecular formula is C25H26N4O6. The van der Waals surface area contributed by atoms with Crippen molar-refractivity contribution < 1.29 is 19.0 Å². The van der Waals surface area contributed by atoms with Gasteiger partial charge in [0.2, 0.25) is 0 Å². The molecule has 2 aromatic carbocycles. The molecule has 1 aliphatic rings. The molecule has 4 rings (SSSR count). The molecule has 1 N–H and O–H groups in total. The van der Waals surface area contributed by atoms with Gasteiger partial charge in [-0.05, 0) is 36.2 Å². The highest BCUT2D eigenvalue weighted by molar-refractivity contribution is 5.82. The van der Waals surface area contributed by atoms with E-state index in [1.165, 1.54) is 13.3 Å². The number of allylic oxidation sites excluding steroid dienone is 1. The molecule has 1 saturated heterocycles. The van der Waals surface area contributed by atoms with Gasteiger partial charge in [0.05, 0.1) is 37.4 Å². The van der Waals surface area contributed by atoms with Gasteiger partial charge in [0.25, 0.3) is 11.5 Å². The Kier molecular flexibility index (Phi) is 7.41. The van der Waals surface area contributed by atoms with Crippen molar-refractivity contribution >= 4 is 23.0 Å². The van der Waals surface area contributed by atoms with Crippen molar-refractivity contribution in [2.24, 2.45) is 5.10 Å². The van der Waals surface area contributed by atoms with Crippen LogP contribution in [-0.4, -0.2) is 66.7 Å². The zero-order valence-electron chi connectivity index (χ0n) is 19.4. The van der Waals surface area contributed by atoms with Crippen LogP contribution in [0.3, 0.4) is 0 Å². The first kappa shape index (κ1) is 24.0. The van der Waals surface area contributed by atoms with E-state index in [2.05, 4.69) is 16.7 Å². The number of nitrogens with one attached hydrogen (secondary N) is 1. The molecule has 0 spiro atoms. The van der Waals surface area contributed by atoms with E-state index in [4.69, 9.17) is 14.2 Å². The van der Waals surface area contributed by atoms with Crippen LogP contribution < -0.4 is 20.7 Å². The summed E-state index contributed by atoms with van der Waals surface area (Å²) < 4.78 is 17.4. The molecule has 0 saturated carbocycles. The van der Waals surface area contributed by atoms with Gasteiger partial charge in [-0.1, -0.05) is 18.2 Å². The van der Waals surface area contributed by atoms with Gasteiger partial charge in [-0.3, -0.25) is 9.59 Å². The zero-order chi connectivity index (χ0) is 24.8. The fourth-order valence-electron chi connectivity index (χ4n) is 3.80. The Bertz CT molecular complexity index is 1380. The Labute approximate surface area is 201 Å². The number of fused-ring (bicyclic) bond motifs is 1. The molecule has 182 valence electrons. The third-order valence-corrected chi connectivity index (χ3v) is 5.55. The molecule has 10 nitrogen and oxygen atoms in total. The Hall–Kier alpha value is -4.18. The maximum absolute atomic E-state index is 12.7. The average Bonchev–Trinajstić information content (AvgIpc) is 2.88. The van der Waals surface area contributed by atoms with Crippen LogP contribution in [0.15, 0.2) is 63.7 Å². The normalized spacial score (nSPS) is 13.8. The number of hydrogen-bond acceptors (Lipinski definition) is 7. The Morgan fingerprint density at radius 3 is 2.74 bits per heavy atom. The first-order valence-corrected chi connectivity index (χ1v) is 11.1. The van der Waals surface area contributed by atoms with Crippen molar-refractivity contribution in [3.63, 3.8) is 0 Å². The third kappa shape index (κ3) is 5.33. The largest absolute Gasteiger partial charge is 0.493 e. The van der Waals surface area contributed by atoms with Gasteiger partial charge in [-0.2, -0.15) is 5.10 Å². The van der Waals surface area contributed by atoms with Crippen LogP contribution in [0, 0.1) is 0 Å². The predicted molar refractivity (Wildman–Crippen MR) is 132 cm³/mol. The highest BCUT2D eigenvalue weighted by Gasteiger charge is 2.19. The van der Waals surface area contributed by atoms with Crippen LogP contribution in [0.2, 0.25) is 0 Å². The SMILES string of the molecule is C=CCc1cc(C=Nn2c(=O)[nH]c3ccccc3c2=O)cc(OC)c1OCC(=O)N1CCOCC1. The van der Waals surface area contributed by atoms with Gasteiger partial charge in [0.1, 0.15) is 0 Å². The number of morpholine rings is 1. The Morgan fingerprint density at radius 1 is 1.23 bits per heavy atom. The van der Waals surface area contributed by atoms with Crippen LogP contribution >= 0.6 is 0 Å². The zero-order valence-corrected chi connectivity index (χ0v) is 19.4. The van der Waals surface area contributed by atoms with Crippen molar-refractivity contribution in [2.45, 2.75) is 6.42 Å². The van der Waals surface area contributed by atoms with Crippen LogP contribution in [0.5, 0.6) is 11.5 Å². The molecule has 1 aromatic heterocycles. The molecule has 35 heavy (non-hydrogen) atoms. The number of carbonyl (C=O) groups is 1. The molecule has 0 bridgehead atoms. The summed E-state index contributed by atoms with van der Waals surface area (Å²) in [6.07, 6.45) is 3.53. The number of aromatic nitrogens is 2. The number of H-pyrrole nitrogens is 1. The molecule has 0 atom stereocenters. The van der Waals surface area contributed by atoms with Gasteiger partial charge in [-0.25, -0.2) is 4.79 Å². The first-order chi connectivity index (χ1) is 17.0. The Balaban J connectivity index is 1.62. The van der Waals surface area contributed by atoms with E-state index in [0.717, 1.165) is 10.2 Å². The van der Waals surface area contributed by atoms with Crippen molar-refractivity contribution in [3.05, 3.63) is 81.0 Å². The fraction of sp³-hybridized carbons (Fsp3) is 0.280. The van der Waals surface area contributed by atoms with E-state index in [1.807, 2.05) is 0 Å². The second kappa shape index (κ2) is 10.8. The molecule has 1 aliphatic heterocycles. The number of benzene rings is 2. The maximum atomic E-state index is 12.7. The van der Waals surface area contributed by atoms with Gasteiger partial charge in [0, 0.05) is 18.7 Å². The highest BCUT2D eigenvalue weighted by atomic mass is 16.5. The number of ether oxygens (including phenoxy) is 3. The number of para-hydroxylation sites is 1. The molecule has 0 unspecified atom stereocenters. The first-order valence-electron chi connectivity index (χ1n) is 11.1.